The van der Waals surface area contributed by atoms with Crippen molar-refractivity contribution in [3.05, 3.63) is 0 Å². The van der Waals surface area contributed by atoms with Crippen molar-refractivity contribution in [2.75, 3.05) is 26.2 Å². The van der Waals surface area contributed by atoms with E-state index in [9.17, 15) is 13.5 Å². The average molecular weight is 278 g/mol. The van der Waals surface area contributed by atoms with E-state index >= 15 is 0 Å². The molecule has 5 nitrogen and oxygen atoms in total. The predicted octanol–water partition coefficient (Wildman–Crippen LogP) is 1.06. The Kier molecular flexibility index (Phi) is 6.04. The molecular weight excluding hydrogens is 252 g/mol. The summed E-state index contributed by atoms with van der Waals surface area (Å²) in [5.41, 5.74) is 0. The largest absolute Gasteiger partial charge is 0.391 e. The third-order valence-corrected chi connectivity index (χ3v) is 5.48. The fourth-order valence-electron chi connectivity index (χ4n) is 2.23. The monoisotopic (exact) mass is 278 g/mol. The summed E-state index contributed by atoms with van der Waals surface area (Å²) in [6.45, 7) is 7.77. The SMILES string of the molecule is CCCN(CCC)S(=O)(=O)N1CCC(C)C(O)C1. The molecule has 0 aromatic rings. The van der Waals surface area contributed by atoms with Crippen molar-refractivity contribution >= 4 is 10.2 Å². The highest BCUT2D eigenvalue weighted by atomic mass is 32.2. The van der Waals surface area contributed by atoms with Crippen molar-refractivity contribution in [2.45, 2.75) is 46.1 Å². The molecule has 1 fully saturated rings. The lowest BCUT2D eigenvalue weighted by molar-refractivity contribution is 0.0581. The van der Waals surface area contributed by atoms with Gasteiger partial charge in [0.05, 0.1) is 6.10 Å². The zero-order valence-corrected chi connectivity index (χ0v) is 12.5. The number of hydrogen-bond acceptors (Lipinski definition) is 3. The van der Waals surface area contributed by atoms with Crippen LogP contribution in [-0.4, -0.2) is 54.4 Å². The molecule has 0 amide bonds. The van der Waals surface area contributed by atoms with E-state index in [2.05, 4.69) is 0 Å². The Balaban J connectivity index is 2.77. The van der Waals surface area contributed by atoms with E-state index in [0.29, 0.717) is 19.6 Å². The number of hydrogen-bond donors (Lipinski definition) is 1. The lowest BCUT2D eigenvalue weighted by Crippen LogP contribution is -2.51. The molecule has 0 radical (unpaired) electrons. The minimum Gasteiger partial charge on any atom is -0.391 e. The Labute approximate surface area is 111 Å². The van der Waals surface area contributed by atoms with Crippen LogP contribution in [0.2, 0.25) is 0 Å². The van der Waals surface area contributed by atoms with Crippen LogP contribution in [0.3, 0.4) is 0 Å². The van der Waals surface area contributed by atoms with E-state index in [1.807, 2.05) is 20.8 Å². The van der Waals surface area contributed by atoms with Crippen molar-refractivity contribution in [3.63, 3.8) is 0 Å². The smallest absolute Gasteiger partial charge is 0.282 e. The van der Waals surface area contributed by atoms with Gasteiger partial charge in [-0.05, 0) is 25.2 Å². The van der Waals surface area contributed by atoms with Gasteiger partial charge in [-0.3, -0.25) is 0 Å². The third-order valence-electron chi connectivity index (χ3n) is 3.48. The van der Waals surface area contributed by atoms with Gasteiger partial charge in [-0.15, -0.1) is 0 Å². The molecule has 1 N–H and O–H groups in total. The first kappa shape index (κ1) is 15.9. The average Bonchev–Trinajstić information content (AvgIpc) is 2.32. The molecule has 1 heterocycles. The van der Waals surface area contributed by atoms with Gasteiger partial charge in [0, 0.05) is 26.2 Å². The maximum Gasteiger partial charge on any atom is 0.282 e. The highest BCUT2D eigenvalue weighted by molar-refractivity contribution is 7.86. The minimum absolute atomic E-state index is 0.183. The second-order valence-corrected chi connectivity index (χ2v) is 7.03. The Morgan fingerprint density at radius 3 is 2.28 bits per heavy atom. The van der Waals surface area contributed by atoms with Crippen molar-refractivity contribution in [1.29, 1.82) is 0 Å². The Hall–Kier alpha value is -0.170. The summed E-state index contributed by atoms with van der Waals surface area (Å²) in [4.78, 5) is 0. The van der Waals surface area contributed by atoms with E-state index in [0.717, 1.165) is 19.3 Å². The molecule has 0 saturated carbocycles. The zero-order valence-electron chi connectivity index (χ0n) is 11.7. The number of nitrogens with zero attached hydrogens (tertiary/aromatic N) is 2. The van der Waals surface area contributed by atoms with Crippen LogP contribution < -0.4 is 0 Å². The summed E-state index contributed by atoms with van der Waals surface area (Å²) in [6.07, 6.45) is 1.81. The van der Waals surface area contributed by atoms with Crippen LogP contribution in [-0.2, 0) is 10.2 Å². The van der Waals surface area contributed by atoms with E-state index in [4.69, 9.17) is 0 Å². The van der Waals surface area contributed by atoms with Crippen LogP contribution in [0, 0.1) is 5.92 Å². The van der Waals surface area contributed by atoms with Gasteiger partial charge in [-0.25, -0.2) is 0 Å². The highest BCUT2D eigenvalue weighted by Gasteiger charge is 2.34. The summed E-state index contributed by atoms with van der Waals surface area (Å²) in [5, 5.41) is 9.83. The highest BCUT2D eigenvalue weighted by Crippen LogP contribution is 2.21. The molecule has 0 spiro atoms. The zero-order chi connectivity index (χ0) is 13.8. The van der Waals surface area contributed by atoms with Crippen molar-refractivity contribution in [1.82, 2.24) is 8.61 Å². The van der Waals surface area contributed by atoms with Crippen LogP contribution in [0.5, 0.6) is 0 Å². The number of rotatable bonds is 6. The lowest BCUT2D eigenvalue weighted by atomic mass is 9.98. The van der Waals surface area contributed by atoms with Gasteiger partial charge in [0.15, 0.2) is 0 Å². The first-order valence-corrected chi connectivity index (χ1v) is 8.26. The number of β-amino-alcohol motifs (C(OH)–C–C–N with tert-alkyl or cyclic N) is 1. The lowest BCUT2D eigenvalue weighted by Gasteiger charge is -2.36. The van der Waals surface area contributed by atoms with Crippen LogP contribution in [0.25, 0.3) is 0 Å². The fourth-order valence-corrected chi connectivity index (χ4v) is 4.06. The molecule has 0 aliphatic carbocycles. The maximum atomic E-state index is 12.5. The van der Waals surface area contributed by atoms with Gasteiger partial charge >= 0.3 is 0 Å². The van der Waals surface area contributed by atoms with Crippen LogP contribution in [0.1, 0.15) is 40.0 Å². The molecule has 1 rings (SSSR count). The van der Waals surface area contributed by atoms with E-state index in [-0.39, 0.29) is 12.5 Å². The molecule has 0 bridgehead atoms. The topological polar surface area (TPSA) is 60.9 Å². The van der Waals surface area contributed by atoms with Gasteiger partial charge in [0.25, 0.3) is 10.2 Å². The summed E-state index contributed by atoms with van der Waals surface area (Å²) >= 11 is 0. The Morgan fingerprint density at radius 2 is 1.83 bits per heavy atom. The van der Waals surface area contributed by atoms with Gasteiger partial charge in [0.1, 0.15) is 0 Å². The molecule has 2 unspecified atom stereocenters. The molecule has 0 aromatic carbocycles. The standard InChI is InChI=1S/C12H26N2O3S/c1-4-7-13(8-5-2)18(16,17)14-9-6-11(3)12(15)10-14/h11-12,15H,4-10H2,1-3H3. The van der Waals surface area contributed by atoms with Gasteiger partial charge in [-0.2, -0.15) is 17.0 Å². The summed E-state index contributed by atoms with van der Waals surface area (Å²) < 4.78 is 27.9. The molecule has 1 saturated heterocycles. The summed E-state index contributed by atoms with van der Waals surface area (Å²) in [7, 11) is -3.40. The van der Waals surface area contributed by atoms with E-state index in [1.165, 1.54) is 8.61 Å². The number of aliphatic hydroxyl groups is 1. The second-order valence-electron chi connectivity index (χ2n) is 5.10. The fraction of sp³-hybridized carbons (Fsp3) is 1.00. The Bertz CT molecular complexity index is 339. The van der Waals surface area contributed by atoms with Gasteiger partial charge in [0.2, 0.25) is 0 Å². The number of piperidine rings is 1. The van der Waals surface area contributed by atoms with E-state index < -0.39 is 16.3 Å². The van der Waals surface area contributed by atoms with E-state index in [1.54, 1.807) is 0 Å². The molecular formula is C12H26N2O3S. The molecule has 6 heteroatoms. The first-order chi connectivity index (χ1) is 8.43. The Morgan fingerprint density at radius 1 is 1.28 bits per heavy atom. The van der Waals surface area contributed by atoms with Gasteiger partial charge < -0.3 is 5.11 Å². The van der Waals surface area contributed by atoms with Crippen LogP contribution in [0.4, 0.5) is 0 Å². The van der Waals surface area contributed by atoms with Crippen LogP contribution in [0.15, 0.2) is 0 Å². The maximum absolute atomic E-state index is 12.5. The van der Waals surface area contributed by atoms with Crippen LogP contribution >= 0.6 is 0 Å². The molecule has 0 aromatic heterocycles. The molecule has 1 aliphatic heterocycles. The molecule has 108 valence electrons. The minimum atomic E-state index is -3.40. The quantitative estimate of drug-likeness (QED) is 0.790. The van der Waals surface area contributed by atoms with Crippen molar-refractivity contribution in [2.24, 2.45) is 5.92 Å². The molecule has 2 atom stereocenters. The van der Waals surface area contributed by atoms with Gasteiger partial charge in [-0.1, -0.05) is 20.8 Å². The molecule has 1 aliphatic rings. The summed E-state index contributed by atoms with van der Waals surface area (Å²) in [6, 6.07) is 0. The second kappa shape index (κ2) is 6.84. The van der Waals surface area contributed by atoms with Crippen molar-refractivity contribution in [3.8, 4) is 0 Å². The van der Waals surface area contributed by atoms with Crippen molar-refractivity contribution < 1.29 is 13.5 Å². The third kappa shape index (κ3) is 3.66. The predicted molar refractivity (Wildman–Crippen MR) is 72.4 cm³/mol. The normalized spacial score (nSPS) is 26.7. The summed E-state index contributed by atoms with van der Waals surface area (Å²) in [5.74, 6) is 0.183. The number of aliphatic hydroxyl groups excluding tert-OH is 1. The molecule has 18 heavy (non-hydrogen) atoms. The first-order valence-electron chi connectivity index (χ1n) is 6.86.